The predicted octanol–water partition coefficient (Wildman–Crippen LogP) is 4.47. The normalized spacial score (nSPS) is 11.4. The molecular formula is C13H8F3NO3S. The highest BCUT2D eigenvalue weighted by Crippen LogP contribution is 2.39. The monoisotopic (exact) mass is 315 g/mol. The molecule has 0 fully saturated rings. The van der Waals surface area contributed by atoms with Gasteiger partial charge in [0.15, 0.2) is 0 Å². The van der Waals surface area contributed by atoms with E-state index in [2.05, 4.69) is 0 Å². The number of aromatic hydroxyl groups is 1. The molecule has 0 aliphatic rings. The predicted molar refractivity (Wildman–Crippen MR) is 70.3 cm³/mol. The Balaban J connectivity index is 2.26. The van der Waals surface area contributed by atoms with Crippen LogP contribution in [0.25, 0.3) is 0 Å². The van der Waals surface area contributed by atoms with Crippen LogP contribution in [-0.2, 0) is 6.18 Å². The summed E-state index contributed by atoms with van der Waals surface area (Å²) in [5.41, 5.74) is -1.21. The molecule has 0 heterocycles. The minimum Gasteiger partial charge on any atom is -0.507 e. The van der Waals surface area contributed by atoms with Crippen molar-refractivity contribution in [3.8, 4) is 5.75 Å². The maximum atomic E-state index is 12.7. The van der Waals surface area contributed by atoms with Gasteiger partial charge in [0, 0.05) is 21.9 Å². The number of nitrogens with zero attached hydrogens (tertiary/aromatic N) is 1. The van der Waals surface area contributed by atoms with Crippen LogP contribution in [0.5, 0.6) is 5.75 Å². The van der Waals surface area contributed by atoms with E-state index in [0.717, 1.165) is 23.9 Å². The molecule has 2 aromatic carbocycles. The van der Waals surface area contributed by atoms with E-state index in [1.807, 2.05) is 0 Å². The Bertz CT molecular complexity index is 671. The Morgan fingerprint density at radius 1 is 1.05 bits per heavy atom. The summed E-state index contributed by atoms with van der Waals surface area (Å²) in [4.78, 5) is 10.8. The zero-order valence-electron chi connectivity index (χ0n) is 10.3. The van der Waals surface area contributed by atoms with Gasteiger partial charge >= 0.3 is 6.18 Å². The van der Waals surface area contributed by atoms with E-state index in [4.69, 9.17) is 0 Å². The first kappa shape index (κ1) is 15.2. The molecule has 1 N–H and O–H groups in total. The van der Waals surface area contributed by atoms with Gasteiger partial charge < -0.3 is 5.11 Å². The third-order valence-corrected chi connectivity index (χ3v) is 3.55. The van der Waals surface area contributed by atoms with Crippen molar-refractivity contribution in [3.63, 3.8) is 0 Å². The minimum absolute atomic E-state index is 0.0963. The lowest BCUT2D eigenvalue weighted by Crippen LogP contribution is -2.05. The number of hydrogen-bond acceptors (Lipinski definition) is 4. The van der Waals surface area contributed by atoms with Crippen molar-refractivity contribution in [2.24, 2.45) is 0 Å². The number of rotatable bonds is 3. The molecule has 2 rings (SSSR count). The third kappa shape index (κ3) is 3.66. The average molecular weight is 315 g/mol. The Kier molecular flexibility index (Phi) is 4.08. The molecular weight excluding hydrogens is 307 g/mol. The second-order valence-corrected chi connectivity index (χ2v) is 5.18. The molecule has 0 radical (unpaired) electrons. The summed E-state index contributed by atoms with van der Waals surface area (Å²) < 4.78 is 38.0. The van der Waals surface area contributed by atoms with Gasteiger partial charge in [-0.1, -0.05) is 11.8 Å². The number of phenolic OH excluding ortho intramolecular Hbond substituents is 1. The van der Waals surface area contributed by atoms with Crippen LogP contribution in [-0.4, -0.2) is 10.0 Å². The molecule has 0 aromatic heterocycles. The van der Waals surface area contributed by atoms with Crippen LogP contribution in [0, 0.1) is 10.1 Å². The molecule has 0 saturated carbocycles. The van der Waals surface area contributed by atoms with Crippen molar-refractivity contribution >= 4 is 17.4 Å². The number of nitro groups is 1. The minimum atomic E-state index is -4.64. The lowest BCUT2D eigenvalue weighted by Gasteiger charge is -2.10. The zero-order valence-corrected chi connectivity index (χ0v) is 11.1. The quantitative estimate of drug-likeness (QED) is 0.670. The van der Waals surface area contributed by atoms with E-state index in [1.54, 1.807) is 0 Å². The second kappa shape index (κ2) is 5.65. The fraction of sp³-hybridized carbons (Fsp3) is 0.0769. The van der Waals surface area contributed by atoms with Crippen molar-refractivity contribution in [1.82, 2.24) is 0 Å². The number of phenols is 1. The topological polar surface area (TPSA) is 63.4 Å². The molecule has 0 unspecified atom stereocenters. The SMILES string of the molecule is O=[N+]([O-])c1ccc(Sc2ccc(O)c(C(F)(F)F)c2)cc1. The largest absolute Gasteiger partial charge is 0.507 e. The van der Waals surface area contributed by atoms with Gasteiger partial charge in [0.25, 0.3) is 5.69 Å². The Morgan fingerprint density at radius 2 is 1.62 bits per heavy atom. The lowest BCUT2D eigenvalue weighted by atomic mass is 10.2. The van der Waals surface area contributed by atoms with Gasteiger partial charge in [0.05, 0.1) is 10.5 Å². The molecule has 4 nitrogen and oxygen atoms in total. The summed E-state index contributed by atoms with van der Waals surface area (Å²) in [6, 6.07) is 8.58. The van der Waals surface area contributed by atoms with Gasteiger partial charge in [-0.25, -0.2) is 0 Å². The summed E-state index contributed by atoms with van der Waals surface area (Å²) in [6.45, 7) is 0. The molecule has 8 heteroatoms. The van der Waals surface area contributed by atoms with Crippen LogP contribution < -0.4 is 0 Å². The van der Waals surface area contributed by atoms with E-state index in [1.165, 1.54) is 30.3 Å². The van der Waals surface area contributed by atoms with Gasteiger partial charge in [-0.15, -0.1) is 0 Å². The van der Waals surface area contributed by atoms with Crippen LogP contribution in [0.1, 0.15) is 5.56 Å². The summed E-state index contributed by atoms with van der Waals surface area (Å²) in [6.07, 6.45) is -4.64. The first-order chi connectivity index (χ1) is 9.77. The van der Waals surface area contributed by atoms with Gasteiger partial charge in [0.1, 0.15) is 5.75 Å². The average Bonchev–Trinajstić information content (AvgIpc) is 2.40. The van der Waals surface area contributed by atoms with E-state index in [9.17, 15) is 28.4 Å². The summed E-state index contributed by atoms with van der Waals surface area (Å²) in [5, 5.41) is 19.7. The van der Waals surface area contributed by atoms with E-state index >= 15 is 0 Å². The highest BCUT2D eigenvalue weighted by molar-refractivity contribution is 7.99. The summed E-state index contributed by atoms with van der Waals surface area (Å²) in [5.74, 6) is -0.837. The molecule has 0 aliphatic heterocycles. The van der Waals surface area contributed by atoms with Gasteiger partial charge in [-0.05, 0) is 30.3 Å². The van der Waals surface area contributed by atoms with E-state index in [0.29, 0.717) is 4.90 Å². The fourth-order valence-corrected chi connectivity index (χ4v) is 2.43. The Labute approximate surface area is 121 Å². The number of halogens is 3. The van der Waals surface area contributed by atoms with Gasteiger partial charge in [-0.3, -0.25) is 10.1 Å². The smallest absolute Gasteiger partial charge is 0.419 e. The van der Waals surface area contributed by atoms with Crippen LogP contribution in [0.15, 0.2) is 52.3 Å². The molecule has 21 heavy (non-hydrogen) atoms. The number of nitro benzene ring substituents is 1. The Morgan fingerprint density at radius 3 is 2.14 bits per heavy atom. The first-order valence-corrected chi connectivity index (χ1v) is 6.41. The Hall–Kier alpha value is -2.22. The number of alkyl halides is 3. The van der Waals surface area contributed by atoms with Crippen LogP contribution >= 0.6 is 11.8 Å². The second-order valence-electron chi connectivity index (χ2n) is 4.03. The molecule has 2 aromatic rings. The van der Waals surface area contributed by atoms with Crippen LogP contribution in [0.2, 0.25) is 0 Å². The van der Waals surface area contributed by atoms with Crippen molar-refractivity contribution in [2.45, 2.75) is 16.0 Å². The lowest BCUT2D eigenvalue weighted by molar-refractivity contribution is -0.384. The van der Waals surface area contributed by atoms with Gasteiger partial charge in [-0.2, -0.15) is 13.2 Å². The van der Waals surface area contributed by atoms with Crippen molar-refractivity contribution < 1.29 is 23.2 Å². The molecule has 0 atom stereocenters. The van der Waals surface area contributed by atoms with Crippen molar-refractivity contribution in [3.05, 3.63) is 58.1 Å². The van der Waals surface area contributed by atoms with Crippen molar-refractivity contribution in [1.29, 1.82) is 0 Å². The zero-order chi connectivity index (χ0) is 15.6. The highest BCUT2D eigenvalue weighted by Gasteiger charge is 2.34. The fourth-order valence-electron chi connectivity index (χ4n) is 1.58. The van der Waals surface area contributed by atoms with Gasteiger partial charge in [0.2, 0.25) is 0 Å². The first-order valence-electron chi connectivity index (χ1n) is 5.60. The molecule has 0 saturated heterocycles. The number of non-ortho nitro benzene ring substituents is 1. The standard InChI is InChI=1S/C13H8F3NO3S/c14-13(15,16)11-7-10(5-6-12(11)18)21-9-3-1-8(2-4-9)17(19)20/h1-7,18H. The number of hydrogen-bond donors (Lipinski definition) is 1. The molecule has 0 amide bonds. The van der Waals surface area contributed by atoms with E-state index < -0.39 is 22.4 Å². The van der Waals surface area contributed by atoms with Crippen molar-refractivity contribution in [2.75, 3.05) is 0 Å². The summed E-state index contributed by atoms with van der Waals surface area (Å²) >= 11 is 1.01. The number of benzene rings is 2. The van der Waals surface area contributed by atoms with Crippen LogP contribution in [0.3, 0.4) is 0 Å². The molecule has 0 aliphatic carbocycles. The molecule has 110 valence electrons. The third-order valence-electron chi connectivity index (χ3n) is 2.56. The van der Waals surface area contributed by atoms with E-state index in [-0.39, 0.29) is 10.6 Å². The maximum absolute atomic E-state index is 12.7. The maximum Gasteiger partial charge on any atom is 0.419 e. The summed E-state index contributed by atoms with van der Waals surface area (Å²) in [7, 11) is 0. The van der Waals surface area contributed by atoms with Crippen LogP contribution in [0.4, 0.5) is 18.9 Å². The molecule has 0 spiro atoms. The highest BCUT2D eigenvalue weighted by atomic mass is 32.2. The molecule has 0 bridgehead atoms.